The van der Waals surface area contributed by atoms with E-state index in [4.69, 9.17) is 9.57 Å². The van der Waals surface area contributed by atoms with Gasteiger partial charge >= 0.3 is 5.97 Å². The third kappa shape index (κ3) is 2.67. The molecule has 0 unspecified atom stereocenters. The summed E-state index contributed by atoms with van der Waals surface area (Å²) in [6, 6.07) is -0.0994. The molecule has 1 heterocycles. The first kappa shape index (κ1) is 11.4. The predicted octanol–water partition coefficient (Wildman–Crippen LogP) is 0.0745. The van der Waals surface area contributed by atoms with E-state index in [0.717, 1.165) is 19.4 Å². The molecule has 0 aromatic rings. The topological polar surface area (TPSA) is 42.0 Å². The number of carbonyl (C=O) groups is 1. The number of hydroxylamine groups is 2. The summed E-state index contributed by atoms with van der Waals surface area (Å²) in [6.07, 6.45) is 1.92. The van der Waals surface area contributed by atoms with Crippen molar-refractivity contribution in [3.8, 4) is 0 Å². The van der Waals surface area contributed by atoms with Crippen molar-refractivity contribution < 1.29 is 14.4 Å². The normalized spacial score (nSPS) is 23.0. The SMILES string of the molecule is COC(=O)[C@@H]1CCCN1CN(C)OC. The van der Waals surface area contributed by atoms with E-state index in [1.807, 2.05) is 7.05 Å². The summed E-state index contributed by atoms with van der Waals surface area (Å²) in [6.45, 7) is 1.56. The van der Waals surface area contributed by atoms with Crippen LogP contribution in [0.1, 0.15) is 12.8 Å². The molecular formula is C9H18N2O3. The zero-order valence-electron chi connectivity index (χ0n) is 9.02. The van der Waals surface area contributed by atoms with Gasteiger partial charge in [0, 0.05) is 13.6 Å². The van der Waals surface area contributed by atoms with Gasteiger partial charge in [-0.25, -0.2) is 0 Å². The fraction of sp³-hybridized carbons (Fsp3) is 0.889. The fourth-order valence-electron chi connectivity index (χ4n) is 1.71. The largest absolute Gasteiger partial charge is 0.468 e. The van der Waals surface area contributed by atoms with Crippen LogP contribution in [0, 0.1) is 0 Å². The third-order valence-electron chi connectivity index (χ3n) is 2.53. The summed E-state index contributed by atoms with van der Waals surface area (Å²) in [4.78, 5) is 18.4. The van der Waals surface area contributed by atoms with Crippen LogP contribution in [-0.2, 0) is 14.4 Å². The van der Waals surface area contributed by atoms with Crippen LogP contribution >= 0.6 is 0 Å². The lowest BCUT2D eigenvalue weighted by atomic mass is 10.2. The summed E-state index contributed by atoms with van der Waals surface area (Å²) in [5.74, 6) is -0.146. The Hall–Kier alpha value is -0.650. The molecular weight excluding hydrogens is 184 g/mol. The van der Waals surface area contributed by atoms with E-state index >= 15 is 0 Å². The van der Waals surface area contributed by atoms with Gasteiger partial charge in [-0.1, -0.05) is 0 Å². The Morgan fingerprint density at radius 2 is 2.29 bits per heavy atom. The zero-order chi connectivity index (χ0) is 10.6. The average Bonchev–Trinajstić information content (AvgIpc) is 2.64. The molecule has 0 radical (unpaired) electrons. The van der Waals surface area contributed by atoms with Gasteiger partial charge in [0.2, 0.25) is 0 Å². The highest BCUT2D eigenvalue weighted by molar-refractivity contribution is 5.75. The number of ether oxygens (including phenoxy) is 1. The van der Waals surface area contributed by atoms with Crippen LogP contribution in [-0.4, -0.2) is 56.5 Å². The van der Waals surface area contributed by atoms with Crippen LogP contribution in [0.3, 0.4) is 0 Å². The monoisotopic (exact) mass is 202 g/mol. The number of likely N-dealkylation sites (tertiary alicyclic amines) is 1. The second kappa shape index (κ2) is 5.29. The standard InChI is InChI=1S/C9H18N2O3/c1-10(14-3)7-11-6-4-5-8(11)9(12)13-2/h8H,4-7H2,1-3H3/t8-/m0/s1. The van der Waals surface area contributed by atoms with E-state index in [0.29, 0.717) is 6.67 Å². The number of nitrogens with zero attached hydrogens (tertiary/aromatic N) is 2. The van der Waals surface area contributed by atoms with Crippen molar-refractivity contribution in [2.24, 2.45) is 0 Å². The van der Waals surface area contributed by atoms with Gasteiger partial charge in [0.1, 0.15) is 6.04 Å². The van der Waals surface area contributed by atoms with Crippen LogP contribution in [0.4, 0.5) is 0 Å². The summed E-state index contributed by atoms with van der Waals surface area (Å²) in [5.41, 5.74) is 0. The average molecular weight is 202 g/mol. The van der Waals surface area contributed by atoms with E-state index < -0.39 is 0 Å². The van der Waals surface area contributed by atoms with E-state index in [-0.39, 0.29) is 12.0 Å². The van der Waals surface area contributed by atoms with Crippen molar-refractivity contribution in [2.75, 3.05) is 34.5 Å². The van der Waals surface area contributed by atoms with Crippen LogP contribution in [0.15, 0.2) is 0 Å². The molecule has 82 valence electrons. The highest BCUT2D eigenvalue weighted by Gasteiger charge is 2.31. The molecule has 1 fully saturated rings. The zero-order valence-corrected chi connectivity index (χ0v) is 9.02. The minimum atomic E-state index is -0.146. The first-order valence-corrected chi connectivity index (χ1v) is 4.76. The van der Waals surface area contributed by atoms with Gasteiger partial charge in [0.05, 0.1) is 20.9 Å². The number of rotatable bonds is 4. The van der Waals surface area contributed by atoms with Crippen LogP contribution in [0.5, 0.6) is 0 Å². The minimum absolute atomic E-state index is 0.0994. The second-order valence-corrected chi connectivity index (χ2v) is 3.45. The van der Waals surface area contributed by atoms with E-state index in [1.165, 1.54) is 7.11 Å². The highest BCUT2D eigenvalue weighted by Crippen LogP contribution is 2.18. The maximum atomic E-state index is 11.4. The van der Waals surface area contributed by atoms with E-state index in [9.17, 15) is 4.79 Å². The van der Waals surface area contributed by atoms with E-state index in [1.54, 1.807) is 12.2 Å². The molecule has 0 aliphatic carbocycles. The van der Waals surface area contributed by atoms with Crippen molar-refractivity contribution in [2.45, 2.75) is 18.9 Å². The molecule has 0 spiro atoms. The van der Waals surface area contributed by atoms with Crippen molar-refractivity contribution in [3.05, 3.63) is 0 Å². The van der Waals surface area contributed by atoms with Crippen LogP contribution in [0.25, 0.3) is 0 Å². The molecule has 0 amide bonds. The summed E-state index contributed by atoms with van der Waals surface area (Å²) >= 11 is 0. The first-order valence-electron chi connectivity index (χ1n) is 4.76. The Bertz CT molecular complexity index is 198. The molecule has 0 bridgehead atoms. The lowest BCUT2D eigenvalue weighted by Gasteiger charge is -2.26. The predicted molar refractivity (Wildman–Crippen MR) is 51.4 cm³/mol. The number of methoxy groups -OCH3 is 1. The molecule has 0 aromatic carbocycles. The van der Waals surface area contributed by atoms with Crippen molar-refractivity contribution in [3.63, 3.8) is 0 Å². The lowest BCUT2D eigenvalue weighted by Crippen LogP contribution is -2.42. The Morgan fingerprint density at radius 1 is 1.57 bits per heavy atom. The Labute approximate surface area is 84.5 Å². The quantitative estimate of drug-likeness (QED) is 0.477. The summed E-state index contributed by atoms with van der Waals surface area (Å²) < 4.78 is 4.74. The molecule has 5 nitrogen and oxygen atoms in total. The van der Waals surface area contributed by atoms with Crippen molar-refractivity contribution in [1.29, 1.82) is 0 Å². The number of hydrogen-bond acceptors (Lipinski definition) is 5. The molecule has 1 aliphatic heterocycles. The maximum absolute atomic E-state index is 11.4. The summed E-state index contributed by atoms with van der Waals surface area (Å²) in [7, 11) is 4.88. The van der Waals surface area contributed by atoms with Crippen molar-refractivity contribution in [1.82, 2.24) is 9.96 Å². The number of carbonyl (C=O) groups excluding carboxylic acids is 1. The molecule has 0 saturated carbocycles. The number of esters is 1. The Kier molecular flexibility index (Phi) is 4.31. The second-order valence-electron chi connectivity index (χ2n) is 3.45. The molecule has 14 heavy (non-hydrogen) atoms. The Morgan fingerprint density at radius 3 is 2.86 bits per heavy atom. The molecule has 1 aliphatic rings. The van der Waals surface area contributed by atoms with Gasteiger partial charge in [-0.3, -0.25) is 9.69 Å². The summed E-state index contributed by atoms with van der Waals surface area (Å²) in [5, 5.41) is 1.70. The van der Waals surface area contributed by atoms with Gasteiger partial charge < -0.3 is 9.57 Å². The molecule has 0 N–H and O–H groups in total. The van der Waals surface area contributed by atoms with Gasteiger partial charge in [-0.05, 0) is 12.8 Å². The van der Waals surface area contributed by atoms with Gasteiger partial charge in [0.15, 0.2) is 0 Å². The minimum Gasteiger partial charge on any atom is -0.468 e. The fourth-order valence-corrected chi connectivity index (χ4v) is 1.71. The highest BCUT2D eigenvalue weighted by atomic mass is 16.7. The lowest BCUT2D eigenvalue weighted by molar-refractivity contribution is -0.158. The molecule has 1 saturated heterocycles. The Balaban J connectivity index is 2.46. The van der Waals surface area contributed by atoms with Crippen LogP contribution < -0.4 is 0 Å². The number of hydrogen-bond donors (Lipinski definition) is 0. The molecule has 1 atom stereocenters. The molecule has 0 aromatic heterocycles. The first-order chi connectivity index (χ1) is 6.69. The van der Waals surface area contributed by atoms with Gasteiger partial charge in [-0.15, -0.1) is 0 Å². The van der Waals surface area contributed by atoms with Crippen LogP contribution in [0.2, 0.25) is 0 Å². The maximum Gasteiger partial charge on any atom is 0.323 e. The molecule has 1 rings (SSSR count). The third-order valence-corrected chi connectivity index (χ3v) is 2.53. The van der Waals surface area contributed by atoms with Gasteiger partial charge in [-0.2, -0.15) is 5.06 Å². The smallest absolute Gasteiger partial charge is 0.323 e. The van der Waals surface area contributed by atoms with Crippen molar-refractivity contribution >= 4 is 5.97 Å². The van der Waals surface area contributed by atoms with Gasteiger partial charge in [0.25, 0.3) is 0 Å². The molecule has 5 heteroatoms. The van der Waals surface area contributed by atoms with E-state index in [2.05, 4.69) is 4.90 Å².